The van der Waals surface area contributed by atoms with Crippen LogP contribution in [0.2, 0.25) is 0 Å². The Bertz CT molecular complexity index is 91.4. The predicted octanol–water partition coefficient (Wildman–Crippen LogP) is 5.66. The average molecular weight is 324 g/mol. The molecule has 0 unspecified atom stereocenters. The van der Waals surface area contributed by atoms with Crippen LogP contribution in [0.5, 0.6) is 0 Å². The van der Waals surface area contributed by atoms with E-state index in [0.29, 0.717) is 6.61 Å². The summed E-state index contributed by atoms with van der Waals surface area (Å²) in [5.74, 6) is 0. The number of ether oxygens (including phenoxy) is 1. The maximum Gasteiger partial charge on any atom is 0.0697 e. The van der Waals surface area contributed by atoms with Gasteiger partial charge in [0.15, 0.2) is 0 Å². The number of hydrogen-bond acceptors (Lipinski definition) is 3. The summed E-state index contributed by atoms with van der Waals surface area (Å²) in [7, 11) is 2.01. The lowest BCUT2D eigenvalue weighted by Crippen LogP contribution is -2.06. The fourth-order valence-corrected chi connectivity index (χ4v) is 1.22. The van der Waals surface area contributed by atoms with Crippen molar-refractivity contribution in [2.45, 2.75) is 93.9 Å². The molecule has 0 aliphatic rings. The van der Waals surface area contributed by atoms with Crippen LogP contribution in [-0.2, 0) is 4.74 Å². The first-order valence-corrected chi connectivity index (χ1v) is 9.66. The molecule has 0 atom stereocenters. The van der Waals surface area contributed by atoms with E-state index < -0.39 is 0 Å². The molecule has 0 aliphatic carbocycles. The number of unbranched alkanes of at least 4 members (excludes halogenated alkanes) is 4. The van der Waals surface area contributed by atoms with Gasteiger partial charge in [0.2, 0.25) is 0 Å². The van der Waals surface area contributed by atoms with E-state index in [9.17, 15) is 0 Å². The van der Waals surface area contributed by atoms with E-state index in [1.165, 1.54) is 38.6 Å². The lowest BCUT2D eigenvalue weighted by Gasteiger charge is -1.97. The second-order valence-electron chi connectivity index (χ2n) is 3.85. The predicted molar refractivity (Wildman–Crippen MR) is 105 cm³/mol. The molecule has 0 amide bonds. The monoisotopic (exact) mass is 323 g/mol. The van der Waals surface area contributed by atoms with E-state index >= 15 is 0 Å². The summed E-state index contributed by atoms with van der Waals surface area (Å²) in [4.78, 5) is 0. The fourth-order valence-electron chi connectivity index (χ4n) is 1.22. The molecule has 0 bridgehead atoms. The third-order valence-corrected chi connectivity index (χ3v) is 2.11. The van der Waals surface area contributed by atoms with Crippen LogP contribution < -0.4 is 5.32 Å². The normalized spacial score (nSPS) is 7.91. The van der Waals surface area contributed by atoms with Gasteiger partial charge in [0, 0.05) is 6.61 Å². The van der Waals surface area contributed by atoms with Crippen molar-refractivity contribution in [1.29, 1.82) is 0 Å². The largest absolute Gasteiger partial charge is 0.394 e. The third-order valence-electron chi connectivity index (χ3n) is 2.11. The van der Waals surface area contributed by atoms with E-state index in [4.69, 9.17) is 9.84 Å². The zero-order valence-corrected chi connectivity index (χ0v) is 17.4. The van der Waals surface area contributed by atoms with Crippen LogP contribution in [0.15, 0.2) is 0 Å². The highest BCUT2D eigenvalue weighted by atomic mass is 16.5. The van der Waals surface area contributed by atoms with Crippen molar-refractivity contribution in [3.05, 3.63) is 0 Å². The highest BCUT2D eigenvalue weighted by molar-refractivity contribution is 4.43. The maximum absolute atomic E-state index is 8.17. The first-order valence-electron chi connectivity index (χ1n) is 9.66. The van der Waals surface area contributed by atoms with Crippen molar-refractivity contribution in [3.63, 3.8) is 0 Å². The topological polar surface area (TPSA) is 41.5 Å². The lowest BCUT2D eigenvalue weighted by atomic mass is 10.1. The molecule has 0 saturated carbocycles. The number of hydrogen-bond donors (Lipinski definition) is 2. The number of aliphatic hydroxyl groups excluding tert-OH is 1. The van der Waals surface area contributed by atoms with Gasteiger partial charge in [-0.2, -0.15) is 0 Å². The molecular weight excluding hydrogens is 274 g/mol. The van der Waals surface area contributed by atoms with E-state index in [1.807, 2.05) is 55.5 Å². The molecule has 0 fully saturated rings. The average Bonchev–Trinajstić information content (AvgIpc) is 2.61. The van der Waals surface area contributed by atoms with Crippen molar-refractivity contribution in [2.75, 3.05) is 33.4 Å². The van der Waals surface area contributed by atoms with Crippen molar-refractivity contribution < 1.29 is 9.84 Å². The van der Waals surface area contributed by atoms with Crippen LogP contribution in [0.25, 0.3) is 0 Å². The Morgan fingerprint density at radius 3 is 1.59 bits per heavy atom. The van der Waals surface area contributed by atoms with Gasteiger partial charge >= 0.3 is 0 Å². The van der Waals surface area contributed by atoms with Crippen LogP contribution in [0.1, 0.15) is 93.9 Å². The Balaban J connectivity index is -0.0000000660. The summed E-state index contributed by atoms with van der Waals surface area (Å²) in [5, 5.41) is 11.3. The van der Waals surface area contributed by atoms with Crippen LogP contribution in [-0.4, -0.2) is 38.5 Å². The molecule has 22 heavy (non-hydrogen) atoms. The van der Waals surface area contributed by atoms with Gasteiger partial charge in [-0.25, -0.2) is 0 Å². The summed E-state index contributed by atoms with van der Waals surface area (Å²) in [6, 6.07) is 0. The summed E-state index contributed by atoms with van der Waals surface area (Å²) in [5.41, 5.74) is 0. The molecule has 0 saturated heterocycles. The molecule has 0 radical (unpaired) electrons. The summed E-state index contributed by atoms with van der Waals surface area (Å²) in [6.45, 7) is 18.9. The summed E-state index contributed by atoms with van der Waals surface area (Å²) < 4.78 is 4.88. The Labute approximate surface area is 143 Å². The highest BCUT2D eigenvalue weighted by Crippen LogP contribution is 2.00. The number of rotatable bonds is 10. The number of aliphatic hydroxyl groups is 1. The van der Waals surface area contributed by atoms with Gasteiger partial charge in [0.05, 0.1) is 13.2 Å². The molecule has 0 heterocycles. The molecule has 0 aromatic rings. The molecular formula is C19H49NO2. The minimum Gasteiger partial charge on any atom is -0.394 e. The Hall–Kier alpha value is -0.120. The lowest BCUT2D eigenvalue weighted by molar-refractivity contribution is 0.0928. The summed E-state index contributed by atoms with van der Waals surface area (Å²) in [6.07, 6.45) is 7.94. The quantitative estimate of drug-likeness (QED) is 0.510. The summed E-state index contributed by atoms with van der Waals surface area (Å²) >= 11 is 0. The van der Waals surface area contributed by atoms with E-state index in [2.05, 4.69) is 12.2 Å². The van der Waals surface area contributed by atoms with Crippen LogP contribution in [0.4, 0.5) is 0 Å². The van der Waals surface area contributed by atoms with Gasteiger partial charge in [-0.15, -0.1) is 0 Å². The fraction of sp³-hybridized carbons (Fsp3) is 1.00. The van der Waals surface area contributed by atoms with E-state index in [0.717, 1.165) is 13.0 Å². The molecule has 0 aromatic carbocycles. The molecule has 2 N–H and O–H groups in total. The van der Waals surface area contributed by atoms with Crippen LogP contribution in [0, 0.1) is 0 Å². The zero-order chi connectivity index (χ0) is 18.5. The maximum atomic E-state index is 8.17. The standard InChI is InChI=1S/C8H19N.C5H12O2.3C2H6/c1-3-4-5-6-7-8-9-2;1-2-4-7-5-3-6;3*1-2/h9H,3-8H2,1-2H3;6H,2-5H2,1H3;3*1-2H3. The molecule has 0 rings (SSSR count). The Morgan fingerprint density at radius 2 is 1.23 bits per heavy atom. The van der Waals surface area contributed by atoms with Crippen molar-refractivity contribution >= 4 is 0 Å². The van der Waals surface area contributed by atoms with E-state index in [1.54, 1.807) is 0 Å². The Kier molecular flexibility index (Phi) is 89.0. The molecule has 0 aliphatic heterocycles. The van der Waals surface area contributed by atoms with Crippen molar-refractivity contribution in [1.82, 2.24) is 5.32 Å². The van der Waals surface area contributed by atoms with Gasteiger partial charge in [0.25, 0.3) is 0 Å². The highest BCUT2D eigenvalue weighted by Gasteiger charge is 1.85. The van der Waals surface area contributed by atoms with Gasteiger partial charge in [-0.3, -0.25) is 0 Å². The van der Waals surface area contributed by atoms with Crippen LogP contribution >= 0.6 is 0 Å². The molecule has 142 valence electrons. The van der Waals surface area contributed by atoms with Gasteiger partial charge in [-0.1, -0.05) is 81.1 Å². The SMILES string of the molecule is CC.CC.CC.CCCCCCCNC.CCCOCCO. The minimum absolute atomic E-state index is 0.139. The van der Waals surface area contributed by atoms with E-state index in [-0.39, 0.29) is 6.61 Å². The second-order valence-corrected chi connectivity index (χ2v) is 3.85. The molecule has 0 spiro atoms. The second kappa shape index (κ2) is 58.5. The molecule has 3 nitrogen and oxygen atoms in total. The molecule has 0 aromatic heterocycles. The molecule has 3 heteroatoms. The minimum atomic E-state index is 0.139. The van der Waals surface area contributed by atoms with Gasteiger partial charge in [0.1, 0.15) is 0 Å². The van der Waals surface area contributed by atoms with Crippen LogP contribution in [0.3, 0.4) is 0 Å². The Morgan fingerprint density at radius 1 is 0.727 bits per heavy atom. The first kappa shape index (κ1) is 33.5. The first-order chi connectivity index (χ1) is 10.8. The smallest absolute Gasteiger partial charge is 0.0697 e. The van der Waals surface area contributed by atoms with Crippen molar-refractivity contribution in [2.24, 2.45) is 0 Å². The third kappa shape index (κ3) is 72.6. The number of nitrogens with one attached hydrogen (secondary N) is 1. The zero-order valence-electron chi connectivity index (χ0n) is 17.4. The van der Waals surface area contributed by atoms with Gasteiger partial charge < -0.3 is 15.2 Å². The van der Waals surface area contributed by atoms with Crippen molar-refractivity contribution in [3.8, 4) is 0 Å². The van der Waals surface area contributed by atoms with Gasteiger partial charge in [-0.05, 0) is 26.4 Å².